The maximum Gasteiger partial charge on any atom is 0.192 e. The van der Waals surface area contributed by atoms with Crippen molar-refractivity contribution in [2.24, 2.45) is 0 Å². The molecule has 0 aliphatic carbocycles. The Balaban J connectivity index is 4.26. The molecule has 0 amide bonds. The molecule has 5 heteroatoms. The summed E-state index contributed by atoms with van der Waals surface area (Å²) < 4.78 is 12.8. The van der Waals surface area contributed by atoms with Crippen molar-refractivity contribution in [1.29, 1.82) is 0 Å². The molecule has 0 aliphatic rings. The van der Waals surface area contributed by atoms with E-state index in [4.69, 9.17) is 8.85 Å². The first-order valence-electron chi connectivity index (χ1n) is 9.06. The summed E-state index contributed by atoms with van der Waals surface area (Å²) in [5.41, 5.74) is 0. The summed E-state index contributed by atoms with van der Waals surface area (Å²) in [6, 6.07) is 0. The zero-order valence-electron chi connectivity index (χ0n) is 17.9. The van der Waals surface area contributed by atoms with Crippen LogP contribution in [0.4, 0.5) is 0 Å². The van der Waals surface area contributed by atoms with Crippen LogP contribution in [0.15, 0.2) is 0 Å². The Morgan fingerprint density at radius 3 is 1.17 bits per heavy atom. The van der Waals surface area contributed by atoms with Gasteiger partial charge in [-0.2, -0.15) is 0 Å². The summed E-state index contributed by atoms with van der Waals surface area (Å²) >= 11 is 0. The average Bonchev–Trinajstić information content (AvgIpc) is 2.23. The molecule has 0 aromatic heterocycles. The van der Waals surface area contributed by atoms with Crippen molar-refractivity contribution < 1.29 is 8.85 Å². The van der Waals surface area contributed by atoms with Gasteiger partial charge in [-0.05, 0) is 50.1 Å². The van der Waals surface area contributed by atoms with E-state index in [1.165, 1.54) is 0 Å². The van der Waals surface area contributed by atoms with Gasteiger partial charge >= 0.3 is 0 Å². The van der Waals surface area contributed by atoms with E-state index in [2.05, 4.69) is 86.9 Å². The Bertz CT molecular complexity index is 323. The first kappa shape index (κ1) is 23.3. The molecule has 0 unspecified atom stereocenters. The molecular formula is C18H43NO2Si2. The van der Waals surface area contributed by atoms with Crippen molar-refractivity contribution in [3.05, 3.63) is 0 Å². The van der Waals surface area contributed by atoms with Gasteiger partial charge < -0.3 is 14.2 Å². The van der Waals surface area contributed by atoms with Crippen molar-refractivity contribution in [1.82, 2.24) is 5.32 Å². The molecule has 0 saturated carbocycles. The fourth-order valence-electron chi connectivity index (χ4n) is 1.93. The second-order valence-electron chi connectivity index (χ2n) is 10.0. The van der Waals surface area contributed by atoms with E-state index >= 15 is 0 Å². The third kappa shape index (κ3) is 7.82. The highest BCUT2D eigenvalue weighted by molar-refractivity contribution is 6.74. The zero-order chi connectivity index (χ0) is 18.7. The lowest BCUT2D eigenvalue weighted by molar-refractivity contribution is 0.170. The van der Waals surface area contributed by atoms with Gasteiger partial charge in [0.2, 0.25) is 0 Å². The molecule has 0 aromatic carbocycles. The van der Waals surface area contributed by atoms with E-state index in [1.807, 2.05) is 0 Å². The molecule has 0 spiro atoms. The van der Waals surface area contributed by atoms with Gasteiger partial charge in [-0.1, -0.05) is 41.5 Å². The lowest BCUT2D eigenvalue weighted by Crippen LogP contribution is -2.47. The second kappa shape index (κ2) is 8.13. The molecule has 0 fully saturated rings. The summed E-state index contributed by atoms with van der Waals surface area (Å²) in [7, 11) is -3.35. The van der Waals surface area contributed by atoms with Crippen molar-refractivity contribution in [2.75, 3.05) is 13.1 Å². The van der Waals surface area contributed by atoms with Crippen LogP contribution < -0.4 is 5.32 Å². The minimum absolute atomic E-state index is 0.246. The Kier molecular flexibility index (Phi) is 8.24. The largest absolute Gasteiger partial charge is 0.413 e. The van der Waals surface area contributed by atoms with Crippen molar-refractivity contribution >= 4 is 16.6 Å². The van der Waals surface area contributed by atoms with Crippen LogP contribution in [0.25, 0.3) is 0 Å². The molecule has 0 aromatic rings. The van der Waals surface area contributed by atoms with E-state index in [0.29, 0.717) is 0 Å². The molecule has 1 N–H and O–H groups in total. The summed E-state index contributed by atoms with van der Waals surface area (Å²) in [6.45, 7) is 29.1. The normalized spacial score (nSPS) is 17.2. The SMILES string of the molecule is C[C@H](CNC[C@@H](C)O[Si](C)(C)C(C)(C)C)O[Si](C)(C)C(C)(C)C. The minimum atomic E-state index is -1.67. The Morgan fingerprint density at radius 2 is 0.957 bits per heavy atom. The first-order chi connectivity index (χ1) is 9.99. The van der Waals surface area contributed by atoms with Gasteiger partial charge in [0.1, 0.15) is 0 Å². The van der Waals surface area contributed by atoms with Gasteiger partial charge in [0.05, 0.1) is 12.2 Å². The van der Waals surface area contributed by atoms with Crippen molar-refractivity contribution in [3.8, 4) is 0 Å². The van der Waals surface area contributed by atoms with Crippen LogP contribution in [0, 0.1) is 0 Å². The number of hydrogen-bond donors (Lipinski definition) is 1. The highest BCUT2D eigenvalue weighted by atomic mass is 28.4. The number of hydrogen-bond acceptors (Lipinski definition) is 3. The summed E-state index contributed by atoms with van der Waals surface area (Å²) in [6.07, 6.45) is 0.493. The van der Waals surface area contributed by atoms with Crippen LogP contribution in [0.3, 0.4) is 0 Å². The standard InChI is InChI=1S/C18H43NO2Si2/c1-15(20-22(9,10)17(3,4)5)13-19-14-16(2)21-23(11,12)18(6,7)8/h15-16,19H,13-14H2,1-12H3/t15-,16-/m1/s1. The first-order valence-corrected chi connectivity index (χ1v) is 14.9. The van der Waals surface area contributed by atoms with E-state index in [0.717, 1.165) is 13.1 Å². The fraction of sp³-hybridized carbons (Fsp3) is 1.00. The predicted molar refractivity (Wildman–Crippen MR) is 108 cm³/mol. The van der Waals surface area contributed by atoms with Gasteiger partial charge in [0.25, 0.3) is 0 Å². The Hall–Kier alpha value is 0.314. The van der Waals surface area contributed by atoms with Gasteiger partial charge in [0.15, 0.2) is 16.6 Å². The van der Waals surface area contributed by atoms with Crippen LogP contribution in [0.1, 0.15) is 55.4 Å². The Labute approximate surface area is 148 Å². The lowest BCUT2D eigenvalue weighted by Gasteiger charge is -2.39. The average molecular weight is 362 g/mol. The summed E-state index contributed by atoms with van der Waals surface area (Å²) in [5, 5.41) is 4.06. The van der Waals surface area contributed by atoms with Crippen LogP contribution in [-0.4, -0.2) is 41.9 Å². The van der Waals surface area contributed by atoms with Crippen LogP contribution >= 0.6 is 0 Å². The van der Waals surface area contributed by atoms with Crippen molar-refractivity contribution in [3.63, 3.8) is 0 Å². The van der Waals surface area contributed by atoms with Crippen LogP contribution in [0.5, 0.6) is 0 Å². The van der Waals surface area contributed by atoms with Crippen LogP contribution in [0.2, 0.25) is 36.3 Å². The predicted octanol–water partition coefficient (Wildman–Crippen LogP) is 5.40. The molecule has 0 aliphatic heterocycles. The fourth-order valence-corrected chi connectivity index (χ4v) is 4.82. The van der Waals surface area contributed by atoms with Gasteiger partial charge in [-0.3, -0.25) is 0 Å². The maximum absolute atomic E-state index is 6.38. The molecule has 0 radical (unpaired) electrons. The molecule has 140 valence electrons. The van der Waals surface area contributed by atoms with Crippen LogP contribution in [-0.2, 0) is 8.85 Å². The van der Waals surface area contributed by atoms with E-state index in [9.17, 15) is 0 Å². The van der Waals surface area contributed by atoms with E-state index < -0.39 is 16.6 Å². The lowest BCUT2D eigenvalue weighted by atomic mass is 10.2. The topological polar surface area (TPSA) is 30.5 Å². The van der Waals surface area contributed by atoms with Gasteiger partial charge in [-0.15, -0.1) is 0 Å². The highest BCUT2D eigenvalue weighted by Gasteiger charge is 2.39. The number of nitrogens with one attached hydrogen (secondary N) is 1. The molecule has 0 rings (SSSR count). The monoisotopic (exact) mass is 361 g/mol. The zero-order valence-corrected chi connectivity index (χ0v) is 19.9. The van der Waals surface area contributed by atoms with Gasteiger partial charge in [0, 0.05) is 13.1 Å². The minimum Gasteiger partial charge on any atom is -0.413 e. The highest BCUT2D eigenvalue weighted by Crippen LogP contribution is 2.38. The summed E-state index contributed by atoms with van der Waals surface area (Å²) in [5.74, 6) is 0. The maximum atomic E-state index is 6.38. The van der Waals surface area contributed by atoms with Gasteiger partial charge in [-0.25, -0.2) is 0 Å². The quantitative estimate of drug-likeness (QED) is 0.587. The smallest absolute Gasteiger partial charge is 0.192 e. The third-order valence-electron chi connectivity index (χ3n) is 5.47. The molecule has 0 saturated heterocycles. The third-order valence-corrected chi connectivity index (χ3v) is 14.7. The van der Waals surface area contributed by atoms with Crippen molar-refractivity contribution in [2.45, 2.75) is 104 Å². The molecule has 23 heavy (non-hydrogen) atoms. The van der Waals surface area contributed by atoms with E-state index in [-0.39, 0.29) is 22.3 Å². The molecule has 0 heterocycles. The molecule has 3 nitrogen and oxygen atoms in total. The summed E-state index contributed by atoms with van der Waals surface area (Å²) in [4.78, 5) is 0. The Morgan fingerprint density at radius 1 is 0.696 bits per heavy atom. The molecule has 2 atom stereocenters. The molecule has 0 bridgehead atoms. The molecular weight excluding hydrogens is 318 g/mol. The number of rotatable bonds is 8. The second-order valence-corrected chi connectivity index (χ2v) is 19.5. The van der Waals surface area contributed by atoms with E-state index in [1.54, 1.807) is 0 Å².